The highest BCUT2D eigenvalue weighted by Gasteiger charge is 2.24. The van der Waals surface area contributed by atoms with Gasteiger partial charge in [0.1, 0.15) is 5.84 Å². The molecule has 0 bridgehead atoms. The van der Waals surface area contributed by atoms with Crippen molar-refractivity contribution >= 4 is 11.5 Å². The third-order valence-electron chi connectivity index (χ3n) is 3.64. The number of unbranched alkanes of at least 4 members (excludes halogenated alkanes) is 3. The number of rotatable bonds is 9. The molecule has 0 radical (unpaired) electrons. The number of nitrogens with one attached hydrogen (secondary N) is 1. The molecule has 0 saturated heterocycles. The Morgan fingerprint density at radius 3 is 2.78 bits per heavy atom. The van der Waals surface area contributed by atoms with Gasteiger partial charge in [-0.3, -0.25) is 15.1 Å². The van der Waals surface area contributed by atoms with Crippen molar-refractivity contribution in [3.05, 3.63) is 27.8 Å². The van der Waals surface area contributed by atoms with Crippen LogP contribution in [-0.2, 0) is 0 Å². The van der Waals surface area contributed by atoms with Crippen LogP contribution in [0.15, 0.2) is 17.1 Å². The number of hydrogen-bond acceptors (Lipinski definition) is 6. The molecule has 0 amide bonds. The summed E-state index contributed by atoms with van der Waals surface area (Å²) in [5.41, 5.74) is 0.552. The SMILES string of the molecule is CCCCCCOc1c(OC)cc(C2=NCCN2)cc1[N+](=O)[O-]. The fraction of sp³-hybridized carbons (Fsp3) is 0.562. The Balaban J connectivity index is 2.23. The lowest BCUT2D eigenvalue weighted by molar-refractivity contribution is -0.386. The average molecular weight is 321 g/mol. The third kappa shape index (κ3) is 4.34. The predicted octanol–water partition coefficient (Wildman–Crippen LogP) is 2.91. The van der Waals surface area contributed by atoms with Crippen LogP contribution in [-0.4, -0.2) is 37.6 Å². The summed E-state index contributed by atoms with van der Waals surface area (Å²) in [4.78, 5) is 15.3. The fourth-order valence-electron chi connectivity index (χ4n) is 2.45. The molecule has 0 saturated carbocycles. The largest absolute Gasteiger partial charge is 0.493 e. The van der Waals surface area contributed by atoms with Crippen LogP contribution < -0.4 is 14.8 Å². The molecule has 0 unspecified atom stereocenters. The van der Waals surface area contributed by atoms with Gasteiger partial charge >= 0.3 is 5.69 Å². The monoisotopic (exact) mass is 321 g/mol. The second-order valence-electron chi connectivity index (χ2n) is 5.35. The highest BCUT2D eigenvalue weighted by Crippen LogP contribution is 2.38. The molecule has 7 heteroatoms. The van der Waals surface area contributed by atoms with Crippen LogP contribution in [0.3, 0.4) is 0 Å². The molecule has 1 aliphatic heterocycles. The van der Waals surface area contributed by atoms with Crippen LogP contribution in [0.4, 0.5) is 5.69 Å². The lowest BCUT2D eigenvalue weighted by Gasteiger charge is -2.13. The van der Waals surface area contributed by atoms with Crippen LogP contribution in [0, 0.1) is 10.1 Å². The smallest absolute Gasteiger partial charge is 0.315 e. The Kier molecular flexibility index (Phi) is 6.19. The van der Waals surface area contributed by atoms with E-state index in [4.69, 9.17) is 9.47 Å². The number of nitro benzene ring substituents is 1. The fourth-order valence-corrected chi connectivity index (χ4v) is 2.45. The van der Waals surface area contributed by atoms with Crippen LogP contribution in [0.2, 0.25) is 0 Å². The molecule has 7 nitrogen and oxygen atoms in total. The van der Waals surface area contributed by atoms with Crippen molar-refractivity contribution in [3.63, 3.8) is 0 Å². The standard InChI is InChI=1S/C16H23N3O4/c1-3-4-5-6-9-23-15-13(19(20)21)10-12(11-14(15)22-2)16-17-7-8-18-16/h10-11H,3-9H2,1-2H3,(H,17,18). The molecule has 1 aromatic carbocycles. The van der Waals surface area contributed by atoms with E-state index < -0.39 is 4.92 Å². The van der Waals surface area contributed by atoms with Crippen molar-refractivity contribution in [2.45, 2.75) is 32.6 Å². The molecule has 1 aliphatic rings. The predicted molar refractivity (Wildman–Crippen MR) is 88.7 cm³/mol. The van der Waals surface area contributed by atoms with Gasteiger partial charge in [-0.1, -0.05) is 26.2 Å². The summed E-state index contributed by atoms with van der Waals surface area (Å²) in [6.45, 7) is 3.98. The second-order valence-corrected chi connectivity index (χ2v) is 5.35. The van der Waals surface area contributed by atoms with Gasteiger partial charge in [-0.25, -0.2) is 0 Å². The summed E-state index contributed by atoms with van der Waals surface area (Å²) in [5, 5.41) is 14.5. The van der Waals surface area contributed by atoms with Gasteiger partial charge in [0.2, 0.25) is 5.75 Å². The molecule has 1 heterocycles. The molecule has 0 aliphatic carbocycles. The molecule has 0 spiro atoms. The lowest BCUT2D eigenvalue weighted by Crippen LogP contribution is -2.19. The number of hydrogen-bond donors (Lipinski definition) is 1. The van der Waals surface area contributed by atoms with E-state index in [2.05, 4.69) is 17.2 Å². The first kappa shape index (κ1) is 17.1. The molecular formula is C16H23N3O4. The van der Waals surface area contributed by atoms with Gasteiger partial charge in [0.25, 0.3) is 0 Å². The summed E-state index contributed by atoms with van der Waals surface area (Å²) in [7, 11) is 1.48. The van der Waals surface area contributed by atoms with Crippen molar-refractivity contribution in [2.24, 2.45) is 4.99 Å². The molecule has 23 heavy (non-hydrogen) atoms. The number of amidine groups is 1. The number of aliphatic imine (C=N–C) groups is 1. The van der Waals surface area contributed by atoms with E-state index in [0.29, 0.717) is 30.3 Å². The van der Waals surface area contributed by atoms with E-state index in [-0.39, 0.29) is 11.4 Å². The average Bonchev–Trinajstić information content (AvgIpc) is 3.08. The third-order valence-corrected chi connectivity index (χ3v) is 3.64. The van der Waals surface area contributed by atoms with Gasteiger partial charge < -0.3 is 14.8 Å². The van der Waals surface area contributed by atoms with Gasteiger partial charge in [-0.15, -0.1) is 0 Å². The van der Waals surface area contributed by atoms with E-state index in [1.54, 1.807) is 6.07 Å². The number of nitrogens with zero attached hydrogens (tertiary/aromatic N) is 2. The van der Waals surface area contributed by atoms with E-state index in [0.717, 1.165) is 32.2 Å². The van der Waals surface area contributed by atoms with E-state index in [9.17, 15) is 10.1 Å². The molecule has 1 aromatic rings. The minimum atomic E-state index is -0.442. The first-order valence-electron chi connectivity index (χ1n) is 7.95. The van der Waals surface area contributed by atoms with Crippen LogP contribution >= 0.6 is 0 Å². The zero-order chi connectivity index (χ0) is 16.7. The summed E-state index contributed by atoms with van der Waals surface area (Å²) < 4.78 is 11.0. The summed E-state index contributed by atoms with van der Waals surface area (Å²) in [6.07, 6.45) is 4.18. The van der Waals surface area contributed by atoms with E-state index in [1.807, 2.05) is 0 Å². The Bertz CT molecular complexity index is 587. The van der Waals surface area contributed by atoms with Gasteiger partial charge in [-0.05, 0) is 12.5 Å². The molecule has 1 N–H and O–H groups in total. The van der Waals surface area contributed by atoms with Gasteiger partial charge in [-0.2, -0.15) is 0 Å². The highest BCUT2D eigenvalue weighted by molar-refractivity contribution is 6.01. The van der Waals surface area contributed by atoms with Crippen LogP contribution in [0.25, 0.3) is 0 Å². The zero-order valence-corrected chi connectivity index (χ0v) is 13.6. The Hall–Kier alpha value is -2.31. The number of ether oxygens (including phenoxy) is 2. The Labute approximate surface area is 135 Å². The van der Waals surface area contributed by atoms with Crippen molar-refractivity contribution in [1.29, 1.82) is 0 Å². The van der Waals surface area contributed by atoms with Gasteiger partial charge in [0.15, 0.2) is 5.75 Å². The molecule has 126 valence electrons. The van der Waals surface area contributed by atoms with E-state index in [1.165, 1.54) is 13.2 Å². The van der Waals surface area contributed by atoms with Crippen molar-refractivity contribution in [1.82, 2.24) is 5.32 Å². The van der Waals surface area contributed by atoms with Crippen LogP contribution in [0.5, 0.6) is 11.5 Å². The summed E-state index contributed by atoms with van der Waals surface area (Å²) >= 11 is 0. The Morgan fingerprint density at radius 2 is 2.17 bits per heavy atom. The zero-order valence-electron chi connectivity index (χ0n) is 13.6. The van der Waals surface area contributed by atoms with Crippen molar-refractivity contribution in [2.75, 3.05) is 26.8 Å². The first-order valence-corrected chi connectivity index (χ1v) is 7.95. The molecule has 2 rings (SSSR count). The minimum Gasteiger partial charge on any atom is -0.493 e. The molecule has 0 atom stereocenters. The molecule has 0 fully saturated rings. The lowest BCUT2D eigenvalue weighted by atomic mass is 10.1. The quantitative estimate of drug-likeness (QED) is 0.429. The summed E-state index contributed by atoms with van der Waals surface area (Å²) in [5.74, 6) is 1.21. The molecular weight excluding hydrogens is 298 g/mol. The van der Waals surface area contributed by atoms with Crippen molar-refractivity contribution < 1.29 is 14.4 Å². The highest BCUT2D eigenvalue weighted by atomic mass is 16.6. The van der Waals surface area contributed by atoms with Gasteiger partial charge in [0.05, 0.1) is 25.2 Å². The normalized spacial score (nSPS) is 13.4. The Morgan fingerprint density at radius 1 is 1.35 bits per heavy atom. The summed E-state index contributed by atoms with van der Waals surface area (Å²) in [6, 6.07) is 3.21. The maximum Gasteiger partial charge on any atom is 0.315 e. The van der Waals surface area contributed by atoms with Crippen molar-refractivity contribution in [3.8, 4) is 11.5 Å². The second kappa shape index (κ2) is 8.36. The maximum atomic E-state index is 11.4. The molecule has 0 aromatic heterocycles. The van der Waals surface area contributed by atoms with Crippen LogP contribution in [0.1, 0.15) is 38.2 Å². The number of benzene rings is 1. The topological polar surface area (TPSA) is 86.0 Å². The van der Waals surface area contributed by atoms with E-state index >= 15 is 0 Å². The number of methoxy groups -OCH3 is 1. The minimum absolute atomic E-state index is 0.0914. The van der Waals surface area contributed by atoms with Gasteiger partial charge in [0, 0.05) is 18.2 Å². The number of nitro groups is 1. The first-order chi connectivity index (χ1) is 11.2. The maximum absolute atomic E-state index is 11.4.